The summed E-state index contributed by atoms with van der Waals surface area (Å²) in [6.07, 6.45) is -1.65. The Kier molecular flexibility index (Phi) is 3.81. The van der Waals surface area contributed by atoms with E-state index in [1.165, 1.54) is 6.07 Å². The molecule has 1 saturated heterocycles. The summed E-state index contributed by atoms with van der Waals surface area (Å²) in [4.78, 5) is 12.7. The number of aliphatic hydroxyl groups is 1. The van der Waals surface area contributed by atoms with Gasteiger partial charge in [0.15, 0.2) is 11.6 Å². The molecule has 2 unspecified atom stereocenters. The van der Waals surface area contributed by atoms with Gasteiger partial charge in [-0.15, -0.1) is 0 Å². The van der Waals surface area contributed by atoms with Crippen LogP contribution < -0.4 is 9.47 Å². The molecule has 0 saturated carbocycles. The van der Waals surface area contributed by atoms with E-state index in [1.807, 2.05) is 0 Å². The Labute approximate surface area is 132 Å². The molecule has 2 N–H and O–H groups in total. The van der Waals surface area contributed by atoms with Crippen molar-refractivity contribution in [2.75, 3.05) is 13.4 Å². The third kappa shape index (κ3) is 2.68. The summed E-state index contributed by atoms with van der Waals surface area (Å²) in [5.74, 6) is -0.207. The van der Waals surface area contributed by atoms with Crippen molar-refractivity contribution in [2.24, 2.45) is 0 Å². The van der Waals surface area contributed by atoms with Crippen LogP contribution in [0.15, 0.2) is 12.1 Å². The fraction of sp³-hybridized carbons (Fsp3) is 0.533. The lowest BCUT2D eigenvalue weighted by molar-refractivity contribution is -0.0770. The van der Waals surface area contributed by atoms with Gasteiger partial charge in [-0.2, -0.15) is 0 Å². The maximum atomic E-state index is 14.0. The van der Waals surface area contributed by atoms with E-state index >= 15 is 0 Å². The normalized spacial score (nSPS) is 25.0. The molecule has 0 spiro atoms. The van der Waals surface area contributed by atoms with Gasteiger partial charge in [-0.05, 0) is 38.0 Å². The first-order chi connectivity index (χ1) is 10.8. The minimum atomic E-state index is -1.16. The molecule has 2 aliphatic rings. The topological polar surface area (TPSA) is 88.5 Å². The van der Waals surface area contributed by atoms with Gasteiger partial charge in [0.2, 0.25) is 12.5 Å². The average molecular weight is 327 g/mol. The molecule has 0 bridgehead atoms. The standard InChI is InChI=1S/C15H18FNO6/c1-15(2)17(14(19)20)10(12(6-18)23-15)4-8-3-9(16)13-11(5-8)21-7-22-13/h3,5,10,12,18H,4,6-7H2,1-2H3,(H,19,20). The minimum Gasteiger partial charge on any atom is -0.465 e. The van der Waals surface area contributed by atoms with E-state index in [4.69, 9.17) is 14.2 Å². The van der Waals surface area contributed by atoms with Crippen molar-refractivity contribution in [2.45, 2.75) is 38.1 Å². The van der Waals surface area contributed by atoms with Gasteiger partial charge < -0.3 is 24.4 Å². The first-order valence-electron chi connectivity index (χ1n) is 7.22. The van der Waals surface area contributed by atoms with Crippen LogP contribution in [0, 0.1) is 5.82 Å². The molecule has 0 aliphatic carbocycles. The first-order valence-corrected chi connectivity index (χ1v) is 7.22. The van der Waals surface area contributed by atoms with E-state index in [0.29, 0.717) is 11.3 Å². The zero-order chi connectivity index (χ0) is 16.8. The van der Waals surface area contributed by atoms with Crippen LogP contribution in [-0.4, -0.2) is 52.5 Å². The fourth-order valence-corrected chi connectivity index (χ4v) is 3.21. The Balaban J connectivity index is 1.91. The molecule has 2 aliphatic heterocycles. The van der Waals surface area contributed by atoms with Crippen LogP contribution >= 0.6 is 0 Å². The zero-order valence-electron chi connectivity index (χ0n) is 12.8. The van der Waals surface area contributed by atoms with Gasteiger partial charge >= 0.3 is 6.09 Å². The number of amides is 1. The number of carbonyl (C=O) groups is 1. The molecule has 1 fully saturated rings. The molecule has 0 radical (unpaired) electrons. The maximum absolute atomic E-state index is 14.0. The van der Waals surface area contributed by atoms with Gasteiger partial charge in [0.25, 0.3) is 0 Å². The second-order valence-electron chi connectivity index (χ2n) is 6.02. The quantitative estimate of drug-likeness (QED) is 0.876. The van der Waals surface area contributed by atoms with Crippen molar-refractivity contribution in [3.05, 3.63) is 23.5 Å². The highest BCUT2D eigenvalue weighted by molar-refractivity contribution is 5.67. The van der Waals surface area contributed by atoms with Crippen LogP contribution in [0.2, 0.25) is 0 Å². The van der Waals surface area contributed by atoms with E-state index in [9.17, 15) is 19.4 Å². The Hall–Kier alpha value is -2.06. The molecule has 8 heteroatoms. The monoisotopic (exact) mass is 327 g/mol. The van der Waals surface area contributed by atoms with E-state index in [0.717, 1.165) is 4.90 Å². The average Bonchev–Trinajstić information content (AvgIpc) is 3.01. The van der Waals surface area contributed by atoms with E-state index < -0.39 is 29.8 Å². The lowest BCUT2D eigenvalue weighted by Crippen LogP contribution is -2.48. The molecule has 2 atom stereocenters. The summed E-state index contributed by atoms with van der Waals surface area (Å²) in [6, 6.07) is 2.27. The molecule has 3 rings (SSSR count). The summed E-state index contributed by atoms with van der Waals surface area (Å²) >= 11 is 0. The molecule has 1 aromatic carbocycles. The van der Waals surface area contributed by atoms with Gasteiger partial charge in [0.05, 0.1) is 12.6 Å². The number of aliphatic hydroxyl groups excluding tert-OH is 1. The number of benzene rings is 1. The van der Waals surface area contributed by atoms with E-state index in [2.05, 4.69) is 0 Å². The van der Waals surface area contributed by atoms with Gasteiger partial charge in [0, 0.05) is 0 Å². The summed E-state index contributed by atoms with van der Waals surface area (Å²) < 4.78 is 29.8. The number of ether oxygens (including phenoxy) is 3. The highest BCUT2D eigenvalue weighted by atomic mass is 19.1. The Morgan fingerprint density at radius 1 is 1.43 bits per heavy atom. The predicted octanol–water partition coefficient (Wildman–Crippen LogP) is 1.57. The third-order valence-corrected chi connectivity index (χ3v) is 4.10. The maximum Gasteiger partial charge on any atom is 0.409 e. The van der Waals surface area contributed by atoms with Crippen molar-refractivity contribution in [3.8, 4) is 11.5 Å². The Morgan fingerprint density at radius 3 is 2.83 bits per heavy atom. The SMILES string of the molecule is CC1(C)OC(CO)C(Cc2cc(F)c3c(c2)OCO3)N1C(=O)O. The number of rotatable bonds is 3. The van der Waals surface area contributed by atoms with Crippen molar-refractivity contribution in [1.29, 1.82) is 0 Å². The highest BCUT2D eigenvalue weighted by Crippen LogP contribution is 2.38. The smallest absolute Gasteiger partial charge is 0.409 e. The van der Waals surface area contributed by atoms with Gasteiger partial charge in [-0.1, -0.05) is 0 Å². The second-order valence-corrected chi connectivity index (χ2v) is 6.02. The van der Waals surface area contributed by atoms with Gasteiger partial charge in [-0.25, -0.2) is 9.18 Å². The van der Waals surface area contributed by atoms with Gasteiger partial charge in [-0.3, -0.25) is 4.90 Å². The number of hydrogen-bond donors (Lipinski definition) is 2. The second kappa shape index (κ2) is 5.54. The van der Waals surface area contributed by atoms with Crippen molar-refractivity contribution < 1.29 is 33.6 Å². The van der Waals surface area contributed by atoms with Crippen LogP contribution in [-0.2, 0) is 11.2 Å². The summed E-state index contributed by atoms with van der Waals surface area (Å²) in [5.41, 5.74) is -0.526. The number of halogens is 1. The molecule has 7 nitrogen and oxygen atoms in total. The highest BCUT2D eigenvalue weighted by Gasteiger charge is 2.49. The Bertz CT molecular complexity index is 635. The van der Waals surface area contributed by atoms with E-state index in [1.54, 1.807) is 19.9 Å². The van der Waals surface area contributed by atoms with Gasteiger partial charge in [0.1, 0.15) is 11.8 Å². The summed E-state index contributed by atoms with van der Waals surface area (Å²) in [5, 5.41) is 19.0. The summed E-state index contributed by atoms with van der Waals surface area (Å²) in [6.45, 7) is 2.86. The largest absolute Gasteiger partial charge is 0.465 e. The number of fused-ring (bicyclic) bond motifs is 1. The van der Waals surface area contributed by atoms with Crippen molar-refractivity contribution >= 4 is 6.09 Å². The van der Waals surface area contributed by atoms with Crippen LogP contribution in [0.5, 0.6) is 11.5 Å². The zero-order valence-corrected chi connectivity index (χ0v) is 12.8. The molecular weight excluding hydrogens is 309 g/mol. The fourth-order valence-electron chi connectivity index (χ4n) is 3.21. The lowest BCUT2D eigenvalue weighted by Gasteiger charge is -2.31. The number of hydrogen-bond acceptors (Lipinski definition) is 5. The van der Waals surface area contributed by atoms with Crippen molar-refractivity contribution in [3.63, 3.8) is 0 Å². The summed E-state index contributed by atoms with van der Waals surface area (Å²) in [7, 11) is 0. The van der Waals surface area contributed by atoms with Crippen LogP contribution in [0.1, 0.15) is 19.4 Å². The van der Waals surface area contributed by atoms with Crippen LogP contribution in [0.25, 0.3) is 0 Å². The third-order valence-electron chi connectivity index (χ3n) is 4.10. The predicted molar refractivity (Wildman–Crippen MR) is 75.9 cm³/mol. The van der Waals surface area contributed by atoms with Crippen molar-refractivity contribution in [1.82, 2.24) is 4.90 Å². The molecule has 0 aromatic heterocycles. The molecule has 1 amide bonds. The number of carboxylic acid groups (broad SMARTS) is 1. The first kappa shape index (κ1) is 15.8. The van der Waals surface area contributed by atoms with Crippen LogP contribution in [0.3, 0.4) is 0 Å². The molecule has 23 heavy (non-hydrogen) atoms. The minimum absolute atomic E-state index is 0.0458. The molecule has 2 heterocycles. The molecular formula is C15H18FNO6. The Morgan fingerprint density at radius 2 is 2.17 bits per heavy atom. The lowest BCUT2D eigenvalue weighted by atomic mass is 10.00. The number of nitrogens with zero attached hydrogens (tertiary/aromatic N) is 1. The van der Waals surface area contributed by atoms with Crippen LogP contribution in [0.4, 0.5) is 9.18 Å². The molecule has 1 aromatic rings. The molecule has 126 valence electrons. The van der Waals surface area contributed by atoms with E-state index in [-0.39, 0.29) is 25.6 Å².